The Morgan fingerprint density at radius 3 is 2.49 bits per heavy atom. The topological polar surface area (TPSA) is 107 Å². The summed E-state index contributed by atoms with van der Waals surface area (Å²) in [6.07, 6.45) is -0.0663. The van der Waals surface area contributed by atoms with E-state index in [9.17, 15) is 14.7 Å². The number of aliphatic hydroxyl groups is 1. The van der Waals surface area contributed by atoms with Gasteiger partial charge in [-0.25, -0.2) is 4.79 Å². The lowest BCUT2D eigenvalue weighted by molar-refractivity contribution is -0.233. The zero-order valence-electron chi connectivity index (χ0n) is 25.3. The third kappa shape index (κ3) is 11.0. The van der Waals surface area contributed by atoms with E-state index in [1.165, 1.54) is 11.8 Å². The predicted molar refractivity (Wildman–Crippen MR) is 151 cm³/mol. The number of hydrogen-bond donors (Lipinski definition) is 2. The van der Waals surface area contributed by atoms with Crippen molar-refractivity contribution in [1.82, 2.24) is 10.2 Å². The summed E-state index contributed by atoms with van der Waals surface area (Å²) in [4.78, 5) is 27.1. The summed E-state index contributed by atoms with van der Waals surface area (Å²) < 4.78 is 23.6. The number of morpholine rings is 1. The summed E-state index contributed by atoms with van der Waals surface area (Å²) in [5.74, 6) is 0.454. The van der Waals surface area contributed by atoms with E-state index in [0.717, 1.165) is 24.2 Å². The Labute approximate surface area is 234 Å². The van der Waals surface area contributed by atoms with Crippen LogP contribution in [0.3, 0.4) is 0 Å². The number of carbonyl (C=O) groups is 2. The first-order chi connectivity index (χ1) is 18.1. The van der Waals surface area contributed by atoms with Crippen LogP contribution < -0.4 is 10.1 Å². The van der Waals surface area contributed by atoms with E-state index in [0.29, 0.717) is 19.6 Å². The Hall–Kier alpha value is -2.36. The van der Waals surface area contributed by atoms with Crippen molar-refractivity contribution in [3.63, 3.8) is 0 Å². The van der Waals surface area contributed by atoms with Crippen molar-refractivity contribution >= 4 is 12.0 Å². The molecule has 222 valence electrons. The third-order valence-electron chi connectivity index (χ3n) is 6.22. The molecule has 1 aliphatic heterocycles. The minimum absolute atomic E-state index is 0.0236. The molecule has 2 rings (SSSR count). The molecule has 1 aromatic carbocycles. The largest absolute Gasteiger partial charge is 0.494 e. The molecule has 2 amide bonds. The molecule has 9 heteroatoms. The van der Waals surface area contributed by atoms with Gasteiger partial charge in [0.2, 0.25) is 5.91 Å². The Bertz CT molecular complexity index is 925. The van der Waals surface area contributed by atoms with E-state index in [1.54, 1.807) is 20.8 Å². The zero-order valence-corrected chi connectivity index (χ0v) is 25.3. The molecule has 1 saturated heterocycles. The molecule has 2 N–H and O–H groups in total. The highest BCUT2D eigenvalue weighted by molar-refractivity contribution is 5.73. The summed E-state index contributed by atoms with van der Waals surface area (Å²) in [6.45, 7) is 18.0. The molecule has 9 nitrogen and oxygen atoms in total. The van der Waals surface area contributed by atoms with Gasteiger partial charge in [-0.1, -0.05) is 46.2 Å². The van der Waals surface area contributed by atoms with Gasteiger partial charge in [0.05, 0.1) is 44.1 Å². The van der Waals surface area contributed by atoms with Crippen LogP contribution in [0.5, 0.6) is 5.75 Å². The number of ether oxygens (including phenoxy) is 4. The number of amides is 2. The predicted octanol–water partition coefficient (Wildman–Crippen LogP) is 4.69. The summed E-state index contributed by atoms with van der Waals surface area (Å²) in [5, 5.41) is 14.5. The molecule has 0 spiro atoms. The fourth-order valence-corrected chi connectivity index (χ4v) is 4.38. The molecular formula is C30H50N2O7. The highest BCUT2D eigenvalue weighted by Gasteiger charge is 2.46. The van der Waals surface area contributed by atoms with E-state index >= 15 is 0 Å². The van der Waals surface area contributed by atoms with Crippen molar-refractivity contribution in [2.24, 2.45) is 5.41 Å². The van der Waals surface area contributed by atoms with Gasteiger partial charge in [-0.3, -0.25) is 9.69 Å². The maximum absolute atomic E-state index is 13.4. The molecule has 39 heavy (non-hydrogen) atoms. The van der Waals surface area contributed by atoms with Crippen molar-refractivity contribution < 1.29 is 33.6 Å². The minimum Gasteiger partial charge on any atom is -0.494 e. The van der Waals surface area contributed by atoms with Gasteiger partial charge in [0.25, 0.3) is 0 Å². The Morgan fingerprint density at radius 2 is 1.90 bits per heavy atom. The van der Waals surface area contributed by atoms with Crippen molar-refractivity contribution in [2.45, 2.75) is 118 Å². The maximum Gasteiger partial charge on any atom is 0.411 e. The standard InChI is InChI=1S/C30H50N2O7/c1-10-11-15-36-23-14-12-13-22(16-23)17-24(31-21(3)33)26(34)25-18-37-27(38-19-29(4,5)6)20(2)32(25)28(35)39-30(7,8)9/h12-14,16,20,24-27,34H,10-11,15,17-19H2,1-9H3,(H,31,33)/t20-,24-,25+,26-,27-/m0/s1. The van der Waals surface area contributed by atoms with Crippen LogP contribution in [-0.4, -0.2) is 77.9 Å². The van der Waals surface area contributed by atoms with Gasteiger partial charge in [0.15, 0.2) is 6.29 Å². The first kappa shape index (κ1) is 32.8. The molecule has 1 aromatic rings. The van der Waals surface area contributed by atoms with Crippen LogP contribution in [0.1, 0.15) is 80.7 Å². The van der Waals surface area contributed by atoms with Crippen LogP contribution in [0.25, 0.3) is 0 Å². The highest BCUT2D eigenvalue weighted by Crippen LogP contribution is 2.28. The molecule has 0 aliphatic carbocycles. The second kappa shape index (κ2) is 14.3. The summed E-state index contributed by atoms with van der Waals surface area (Å²) in [6, 6.07) is 5.63. The molecule has 0 aromatic heterocycles. The fraction of sp³-hybridized carbons (Fsp3) is 0.733. The molecule has 5 atom stereocenters. The zero-order chi connectivity index (χ0) is 29.4. The number of nitrogens with one attached hydrogen (secondary N) is 1. The molecule has 1 fully saturated rings. The van der Waals surface area contributed by atoms with Gasteiger partial charge >= 0.3 is 6.09 Å². The number of benzene rings is 1. The SMILES string of the molecule is CCCCOc1cccc(C[C@H](NC(C)=O)[C@H](O)[C@H]2CO[C@@H](OCC(C)(C)C)[C@H](C)N2C(=O)OC(C)(C)C)c1. The molecule has 1 aliphatic rings. The fourth-order valence-electron chi connectivity index (χ4n) is 4.38. The van der Waals surface area contributed by atoms with Crippen LogP contribution in [0.4, 0.5) is 4.79 Å². The number of unbranched alkanes of at least 4 members (excludes halogenated alkanes) is 1. The van der Waals surface area contributed by atoms with E-state index in [2.05, 4.69) is 33.0 Å². The van der Waals surface area contributed by atoms with E-state index in [-0.39, 0.29) is 17.9 Å². The highest BCUT2D eigenvalue weighted by atomic mass is 16.7. The van der Waals surface area contributed by atoms with Gasteiger partial charge in [-0.15, -0.1) is 0 Å². The Kier molecular flexibility index (Phi) is 12.1. The Morgan fingerprint density at radius 1 is 1.21 bits per heavy atom. The van der Waals surface area contributed by atoms with Crippen LogP contribution in [0, 0.1) is 5.41 Å². The lowest BCUT2D eigenvalue weighted by Crippen LogP contribution is -2.66. The average molecular weight is 551 g/mol. The quantitative estimate of drug-likeness (QED) is 0.385. The van der Waals surface area contributed by atoms with Crippen molar-refractivity contribution in [2.75, 3.05) is 19.8 Å². The van der Waals surface area contributed by atoms with Crippen LogP contribution >= 0.6 is 0 Å². The number of nitrogens with zero attached hydrogens (tertiary/aromatic N) is 1. The first-order valence-corrected chi connectivity index (χ1v) is 14.0. The second-order valence-electron chi connectivity index (χ2n) is 12.6. The van der Waals surface area contributed by atoms with E-state index < -0.39 is 42.2 Å². The lowest BCUT2D eigenvalue weighted by Gasteiger charge is -2.47. The number of rotatable bonds is 11. The molecule has 1 heterocycles. The van der Waals surface area contributed by atoms with Crippen LogP contribution in [0.2, 0.25) is 0 Å². The lowest BCUT2D eigenvalue weighted by atomic mass is 9.94. The number of carbonyl (C=O) groups excluding carboxylic acids is 2. The minimum atomic E-state index is -1.14. The van der Waals surface area contributed by atoms with Gasteiger partial charge < -0.3 is 29.4 Å². The average Bonchev–Trinajstić information content (AvgIpc) is 2.80. The van der Waals surface area contributed by atoms with Gasteiger partial charge in [0.1, 0.15) is 11.4 Å². The van der Waals surface area contributed by atoms with Crippen molar-refractivity contribution in [3.8, 4) is 5.75 Å². The Balaban J connectivity index is 2.31. The molecule has 0 radical (unpaired) electrons. The third-order valence-corrected chi connectivity index (χ3v) is 6.22. The van der Waals surface area contributed by atoms with E-state index in [4.69, 9.17) is 18.9 Å². The van der Waals surface area contributed by atoms with Crippen LogP contribution in [-0.2, 0) is 25.4 Å². The van der Waals surface area contributed by atoms with Gasteiger partial charge in [0, 0.05) is 6.92 Å². The van der Waals surface area contributed by atoms with E-state index in [1.807, 2.05) is 31.2 Å². The monoisotopic (exact) mass is 550 g/mol. The smallest absolute Gasteiger partial charge is 0.411 e. The van der Waals surface area contributed by atoms with Crippen molar-refractivity contribution in [3.05, 3.63) is 29.8 Å². The molecular weight excluding hydrogens is 500 g/mol. The molecule has 0 bridgehead atoms. The number of hydrogen-bond acceptors (Lipinski definition) is 7. The maximum atomic E-state index is 13.4. The van der Waals surface area contributed by atoms with Crippen LogP contribution in [0.15, 0.2) is 24.3 Å². The second-order valence-corrected chi connectivity index (χ2v) is 12.6. The molecule has 0 unspecified atom stereocenters. The summed E-state index contributed by atoms with van der Waals surface area (Å²) >= 11 is 0. The summed E-state index contributed by atoms with van der Waals surface area (Å²) in [5.41, 5.74) is 0.0603. The first-order valence-electron chi connectivity index (χ1n) is 14.0. The molecule has 0 saturated carbocycles. The van der Waals surface area contributed by atoms with Gasteiger partial charge in [-0.05, 0) is 63.6 Å². The normalized spacial score (nSPS) is 21.7. The number of aliphatic hydroxyl groups excluding tert-OH is 1. The van der Waals surface area contributed by atoms with Crippen molar-refractivity contribution in [1.29, 1.82) is 0 Å². The summed E-state index contributed by atoms with van der Waals surface area (Å²) in [7, 11) is 0. The van der Waals surface area contributed by atoms with Gasteiger partial charge in [-0.2, -0.15) is 0 Å².